The van der Waals surface area contributed by atoms with Gasteiger partial charge in [0.25, 0.3) is 0 Å². The second-order valence-electron chi connectivity index (χ2n) is 3.87. The number of benzene rings is 1. The molecule has 1 N–H and O–H groups in total. The number of hydrogen-bond acceptors (Lipinski definition) is 2. The molecule has 1 aromatic heterocycles. The monoisotopic (exact) mass is 231 g/mol. The van der Waals surface area contributed by atoms with Crippen LogP contribution in [0.25, 0.3) is 11.0 Å². The zero-order valence-corrected chi connectivity index (χ0v) is 10.1. The largest absolute Gasteiger partial charge is 0.329 e. The van der Waals surface area contributed by atoms with Gasteiger partial charge in [0.05, 0.1) is 16.6 Å². The van der Waals surface area contributed by atoms with E-state index in [1.165, 1.54) is 0 Å². The maximum absolute atomic E-state index is 9.02. The van der Waals surface area contributed by atoms with E-state index in [1.807, 2.05) is 12.1 Å². The van der Waals surface area contributed by atoms with E-state index >= 15 is 0 Å². The number of hydrogen-bond donors (Lipinski definition) is 1. The molecule has 1 unspecified atom stereocenters. The Morgan fingerprint density at radius 1 is 1.56 bits per heavy atom. The van der Waals surface area contributed by atoms with Gasteiger partial charge in [-0.1, -0.05) is 13.0 Å². The number of fused-ring (bicyclic) bond motifs is 1. The number of nitrogens with one attached hydrogen (secondary N) is 1. The standard InChI is InChI=1S/C12H13N3S/c1-3-8(2)15-10-6-4-5-9(7-13)11(10)14-12(15)16/h4-6,8H,3H2,1-2H3,(H,14,16). The smallest absolute Gasteiger partial charge is 0.178 e. The molecular formula is C12H13N3S. The van der Waals surface area contributed by atoms with Gasteiger partial charge in [-0.2, -0.15) is 5.26 Å². The van der Waals surface area contributed by atoms with Crippen molar-refractivity contribution in [3.63, 3.8) is 0 Å². The first-order chi connectivity index (χ1) is 7.69. The summed E-state index contributed by atoms with van der Waals surface area (Å²) < 4.78 is 2.76. The van der Waals surface area contributed by atoms with Crippen LogP contribution in [0.4, 0.5) is 0 Å². The first-order valence-corrected chi connectivity index (χ1v) is 5.73. The highest BCUT2D eigenvalue weighted by atomic mass is 32.1. The second kappa shape index (κ2) is 4.11. The summed E-state index contributed by atoms with van der Waals surface area (Å²) in [6.07, 6.45) is 1.01. The van der Waals surface area contributed by atoms with Gasteiger partial charge < -0.3 is 9.55 Å². The van der Waals surface area contributed by atoms with Gasteiger partial charge >= 0.3 is 0 Å². The van der Waals surface area contributed by atoms with Crippen molar-refractivity contribution in [1.29, 1.82) is 5.26 Å². The van der Waals surface area contributed by atoms with Crippen LogP contribution < -0.4 is 0 Å². The molecule has 1 heterocycles. The molecule has 16 heavy (non-hydrogen) atoms. The van der Waals surface area contributed by atoms with E-state index in [9.17, 15) is 0 Å². The highest BCUT2D eigenvalue weighted by Gasteiger charge is 2.11. The van der Waals surface area contributed by atoms with Gasteiger partial charge in [-0.3, -0.25) is 0 Å². The van der Waals surface area contributed by atoms with Gasteiger partial charge in [0.2, 0.25) is 0 Å². The molecule has 0 saturated heterocycles. The van der Waals surface area contributed by atoms with Crippen LogP contribution in [0.15, 0.2) is 18.2 Å². The van der Waals surface area contributed by atoms with Crippen molar-refractivity contribution >= 4 is 23.3 Å². The van der Waals surface area contributed by atoms with E-state index in [1.54, 1.807) is 6.07 Å². The minimum atomic E-state index is 0.343. The van der Waals surface area contributed by atoms with Crippen molar-refractivity contribution in [2.24, 2.45) is 0 Å². The van der Waals surface area contributed by atoms with E-state index in [-0.39, 0.29) is 0 Å². The van der Waals surface area contributed by atoms with E-state index in [2.05, 4.69) is 29.5 Å². The van der Waals surface area contributed by atoms with Gasteiger partial charge in [-0.15, -0.1) is 0 Å². The lowest BCUT2D eigenvalue weighted by Crippen LogP contribution is -2.03. The van der Waals surface area contributed by atoms with E-state index in [0.717, 1.165) is 17.5 Å². The third kappa shape index (κ3) is 1.54. The summed E-state index contributed by atoms with van der Waals surface area (Å²) in [6.45, 7) is 4.25. The number of nitrogens with zero attached hydrogens (tertiary/aromatic N) is 2. The summed E-state index contributed by atoms with van der Waals surface area (Å²) in [4.78, 5) is 3.12. The minimum Gasteiger partial charge on any atom is -0.329 e. The fraction of sp³-hybridized carbons (Fsp3) is 0.333. The molecule has 0 bridgehead atoms. The average Bonchev–Trinajstić information content (AvgIpc) is 2.63. The predicted molar refractivity (Wildman–Crippen MR) is 66.8 cm³/mol. The van der Waals surface area contributed by atoms with Crippen LogP contribution in [-0.4, -0.2) is 9.55 Å². The Kier molecular flexibility index (Phi) is 2.80. The van der Waals surface area contributed by atoms with Gasteiger partial charge in [-0.05, 0) is 37.7 Å². The van der Waals surface area contributed by atoms with Crippen molar-refractivity contribution in [2.45, 2.75) is 26.3 Å². The quantitative estimate of drug-likeness (QED) is 0.803. The van der Waals surface area contributed by atoms with Crippen LogP contribution in [0.3, 0.4) is 0 Å². The molecule has 1 aromatic carbocycles. The normalized spacial score (nSPS) is 12.6. The Hall–Kier alpha value is -1.60. The van der Waals surface area contributed by atoms with Gasteiger partial charge in [0.1, 0.15) is 6.07 Å². The molecule has 3 nitrogen and oxygen atoms in total. The van der Waals surface area contributed by atoms with E-state index in [4.69, 9.17) is 17.5 Å². The summed E-state index contributed by atoms with van der Waals surface area (Å²) in [5, 5.41) is 9.02. The van der Waals surface area contributed by atoms with Crippen LogP contribution in [0, 0.1) is 16.1 Å². The fourth-order valence-corrected chi connectivity index (χ4v) is 2.24. The van der Waals surface area contributed by atoms with Crippen molar-refractivity contribution in [3.05, 3.63) is 28.5 Å². The number of rotatable bonds is 2. The highest BCUT2D eigenvalue weighted by Crippen LogP contribution is 2.23. The van der Waals surface area contributed by atoms with E-state index < -0.39 is 0 Å². The molecule has 0 fully saturated rings. The predicted octanol–water partition coefficient (Wildman–Crippen LogP) is 3.54. The molecular weight excluding hydrogens is 218 g/mol. The Balaban J connectivity index is 2.83. The van der Waals surface area contributed by atoms with Gasteiger partial charge in [0.15, 0.2) is 4.77 Å². The van der Waals surface area contributed by atoms with Crippen LogP contribution in [-0.2, 0) is 0 Å². The lowest BCUT2D eigenvalue weighted by atomic mass is 10.2. The summed E-state index contributed by atoms with van der Waals surface area (Å²) in [6, 6.07) is 8.21. The number of para-hydroxylation sites is 1. The number of aromatic nitrogens is 2. The first-order valence-electron chi connectivity index (χ1n) is 5.32. The summed E-state index contributed by atoms with van der Waals surface area (Å²) in [5.41, 5.74) is 2.50. The Morgan fingerprint density at radius 3 is 2.94 bits per heavy atom. The molecule has 2 aromatic rings. The van der Waals surface area contributed by atoms with Gasteiger partial charge in [-0.25, -0.2) is 0 Å². The molecule has 1 atom stereocenters. The number of H-pyrrole nitrogens is 1. The van der Waals surface area contributed by atoms with Crippen LogP contribution in [0.5, 0.6) is 0 Å². The Morgan fingerprint density at radius 2 is 2.31 bits per heavy atom. The van der Waals surface area contributed by atoms with Crippen molar-refractivity contribution in [2.75, 3.05) is 0 Å². The van der Waals surface area contributed by atoms with Crippen molar-refractivity contribution in [1.82, 2.24) is 9.55 Å². The third-order valence-corrected chi connectivity index (χ3v) is 3.20. The molecule has 0 aliphatic carbocycles. The topological polar surface area (TPSA) is 44.5 Å². The molecule has 0 aliphatic heterocycles. The van der Waals surface area contributed by atoms with E-state index in [0.29, 0.717) is 16.4 Å². The molecule has 0 saturated carbocycles. The van der Waals surface area contributed by atoms with Crippen molar-refractivity contribution < 1.29 is 0 Å². The summed E-state index contributed by atoms with van der Waals surface area (Å²) >= 11 is 5.30. The molecule has 82 valence electrons. The zero-order chi connectivity index (χ0) is 11.7. The molecule has 0 spiro atoms. The number of nitriles is 1. The summed E-state index contributed by atoms with van der Waals surface area (Å²) in [5.74, 6) is 0. The Bertz CT molecular complexity index is 615. The molecule has 0 amide bonds. The average molecular weight is 231 g/mol. The first kappa shape index (κ1) is 10.9. The van der Waals surface area contributed by atoms with Crippen LogP contribution in [0.2, 0.25) is 0 Å². The fourth-order valence-electron chi connectivity index (χ4n) is 1.86. The lowest BCUT2D eigenvalue weighted by molar-refractivity contribution is 0.539. The second-order valence-corrected chi connectivity index (χ2v) is 4.26. The zero-order valence-electron chi connectivity index (χ0n) is 9.32. The maximum Gasteiger partial charge on any atom is 0.178 e. The minimum absolute atomic E-state index is 0.343. The highest BCUT2D eigenvalue weighted by molar-refractivity contribution is 7.71. The van der Waals surface area contributed by atoms with Crippen molar-refractivity contribution in [3.8, 4) is 6.07 Å². The third-order valence-electron chi connectivity index (χ3n) is 2.90. The molecule has 4 heteroatoms. The SMILES string of the molecule is CCC(C)n1c(=S)[nH]c2c(C#N)cccc21. The summed E-state index contributed by atoms with van der Waals surface area (Å²) in [7, 11) is 0. The number of aromatic amines is 1. The molecule has 0 aliphatic rings. The van der Waals surface area contributed by atoms with Crippen LogP contribution in [0.1, 0.15) is 31.9 Å². The number of imidazole rings is 1. The van der Waals surface area contributed by atoms with Gasteiger partial charge in [0, 0.05) is 6.04 Å². The maximum atomic E-state index is 9.02. The Labute approximate surface area is 99.3 Å². The molecule has 0 radical (unpaired) electrons. The lowest BCUT2D eigenvalue weighted by Gasteiger charge is -2.11. The van der Waals surface area contributed by atoms with Crippen LogP contribution >= 0.6 is 12.2 Å². The molecule has 2 rings (SSSR count).